The van der Waals surface area contributed by atoms with Gasteiger partial charge in [0.1, 0.15) is 5.82 Å². The molecule has 0 radical (unpaired) electrons. The Morgan fingerprint density at radius 3 is 1.84 bits per heavy atom. The number of aromatic nitrogens is 2. The number of carbonyl (C=O) groups excluding carboxylic acids is 2. The number of halogens is 3. The van der Waals surface area contributed by atoms with Crippen molar-refractivity contribution in [2.75, 3.05) is 27.3 Å². The van der Waals surface area contributed by atoms with Crippen LogP contribution in [0.5, 0.6) is 11.8 Å². The van der Waals surface area contributed by atoms with E-state index in [0.29, 0.717) is 82.0 Å². The highest BCUT2D eigenvalue weighted by Gasteiger charge is 2.23. The van der Waals surface area contributed by atoms with Crippen LogP contribution >= 0.6 is 23.2 Å². The third-order valence-electron chi connectivity index (χ3n) is 8.77. The van der Waals surface area contributed by atoms with E-state index in [-0.39, 0.29) is 41.9 Å². The van der Waals surface area contributed by atoms with Crippen LogP contribution in [0, 0.1) is 5.82 Å². The summed E-state index contributed by atoms with van der Waals surface area (Å²) in [6, 6.07) is 16.4. The van der Waals surface area contributed by atoms with Crippen molar-refractivity contribution in [2.45, 2.75) is 50.9 Å². The number of rotatable bonds is 13. The van der Waals surface area contributed by atoms with Gasteiger partial charge in [0.2, 0.25) is 23.6 Å². The summed E-state index contributed by atoms with van der Waals surface area (Å²) < 4.78 is 26.6. The van der Waals surface area contributed by atoms with Crippen LogP contribution in [0.1, 0.15) is 36.8 Å². The standard InChI is InChI=1S/C36H37Cl2FN6O4/c1-48-35-20(16-40-17-21-10-13-31(46)42-21)9-12-29(44-35)25-7-3-5-23(33(25)37)24-6-4-8-26(34(24)38)30-15-28(39)27(36(45-30)49-2)19-41-18-22-11-14-32(47)43-22/h3-9,12,15,21-22,40-41H,10-11,13-14,16-19H2,1-2H3,(H,42,46)(H,43,47)/t21-,22-/m1/s1. The molecular formula is C36H37Cl2FN6O4. The van der Waals surface area contributed by atoms with Crippen LogP contribution < -0.4 is 30.7 Å². The molecule has 13 heteroatoms. The number of hydrogen-bond acceptors (Lipinski definition) is 8. The Kier molecular flexibility index (Phi) is 10.9. The molecule has 2 aromatic carbocycles. The van der Waals surface area contributed by atoms with Crippen molar-refractivity contribution in [3.05, 3.63) is 81.6 Å². The first kappa shape index (κ1) is 34.6. The van der Waals surface area contributed by atoms with Gasteiger partial charge in [0, 0.05) is 85.0 Å². The minimum atomic E-state index is -0.490. The molecule has 0 bridgehead atoms. The minimum Gasteiger partial charge on any atom is -0.481 e. The zero-order chi connectivity index (χ0) is 34.5. The van der Waals surface area contributed by atoms with E-state index >= 15 is 4.39 Å². The summed E-state index contributed by atoms with van der Waals surface area (Å²) in [5.74, 6) is 0.226. The summed E-state index contributed by atoms with van der Waals surface area (Å²) in [5, 5.41) is 13.2. The highest BCUT2D eigenvalue weighted by atomic mass is 35.5. The summed E-state index contributed by atoms with van der Waals surface area (Å²) in [6.45, 7) is 1.87. The van der Waals surface area contributed by atoms with Crippen molar-refractivity contribution in [1.82, 2.24) is 31.2 Å². The second-order valence-corrected chi connectivity index (χ2v) is 12.8. The number of carbonyl (C=O) groups is 2. The molecule has 2 atom stereocenters. The zero-order valence-corrected chi connectivity index (χ0v) is 28.7. The number of pyridine rings is 2. The SMILES string of the molecule is COc1nc(-c2cccc(-c3cccc(-c4cc(F)c(CNC[C@H]5CCC(=O)N5)c(OC)n4)c3Cl)c2Cl)ccc1CNC[C@H]1CCC(=O)N1. The van der Waals surface area contributed by atoms with Gasteiger partial charge in [-0.15, -0.1) is 0 Å². The number of hydrogen-bond donors (Lipinski definition) is 4. The Morgan fingerprint density at radius 1 is 0.755 bits per heavy atom. The fraction of sp³-hybridized carbons (Fsp3) is 0.333. The van der Waals surface area contributed by atoms with Gasteiger partial charge in [0.05, 0.1) is 41.2 Å². The van der Waals surface area contributed by atoms with Crippen LogP contribution in [-0.2, 0) is 22.7 Å². The lowest BCUT2D eigenvalue weighted by molar-refractivity contribution is -0.120. The normalized spacial score (nSPS) is 17.2. The van der Waals surface area contributed by atoms with Crippen LogP contribution in [0.2, 0.25) is 10.0 Å². The summed E-state index contributed by atoms with van der Waals surface area (Å²) in [5.41, 5.74) is 4.60. The third kappa shape index (κ3) is 7.80. The monoisotopic (exact) mass is 706 g/mol. The molecule has 2 aliphatic rings. The summed E-state index contributed by atoms with van der Waals surface area (Å²) in [4.78, 5) is 32.3. The van der Waals surface area contributed by atoms with Crippen molar-refractivity contribution in [3.8, 4) is 45.4 Å². The van der Waals surface area contributed by atoms with Gasteiger partial charge in [0.15, 0.2) is 0 Å². The molecule has 4 aromatic rings. The summed E-state index contributed by atoms with van der Waals surface area (Å²) in [6.07, 6.45) is 2.61. The molecule has 0 saturated carbocycles. The van der Waals surface area contributed by atoms with Crippen LogP contribution in [0.4, 0.5) is 4.39 Å². The Balaban J connectivity index is 1.22. The third-order valence-corrected chi connectivity index (χ3v) is 9.58. The molecule has 4 heterocycles. The Morgan fingerprint density at radius 2 is 1.29 bits per heavy atom. The molecule has 6 rings (SSSR count). The maximum atomic E-state index is 15.5. The number of benzene rings is 2. The zero-order valence-electron chi connectivity index (χ0n) is 27.2. The van der Waals surface area contributed by atoms with Crippen LogP contribution in [0.3, 0.4) is 0 Å². The maximum absolute atomic E-state index is 15.5. The first-order chi connectivity index (χ1) is 23.7. The predicted molar refractivity (Wildman–Crippen MR) is 187 cm³/mol. The van der Waals surface area contributed by atoms with Gasteiger partial charge in [-0.3, -0.25) is 9.59 Å². The molecule has 2 amide bonds. The van der Waals surface area contributed by atoms with Crippen LogP contribution in [0.15, 0.2) is 54.6 Å². The van der Waals surface area contributed by atoms with E-state index in [1.807, 2.05) is 42.5 Å². The lowest BCUT2D eigenvalue weighted by Crippen LogP contribution is -2.35. The second-order valence-electron chi connectivity index (χ2n) is 12.0. The number of amides is 2. The quantitative estimate of drug-likeness (QED) is 0.140. The predicted octanol–water partition coefficient (Wildman–Crippen LogP) is 5.68. The fourth-order valence-electron chi connectivity index (χ4n) is 6.20. The maximum Gasteiger partial charge on any atom is 0.221 e. The number of nitrogens with zero attached hydrogens (tertiary/aromatic N) is 2. The average molecular weight is 708 g/mol. The largest absolute Gasteiger partial charge is 0.481 e. The summed E-state index contributed by atoms with van der Waals surface area (Å²) in [7, 11) is 3.01. The average Bonchev–Trinajstić information content (AvgIpc) is 3.72. The first-order valence-electron chi connectivity index (χ1n) is 16.1. The second kappa shape index (κ2) is 15.5. The number of methoxy groups -OCH3 is 2. The Labute approximate surface area is 294 Å². The van der Waals surface area contributed by atoms with E-state index in [1.54, 1.807) is 13.2 Å². The van der Waals surface area contributed by atoms with Gasteiger partial charge in [-0.1, -0.05) is 65.7 Å². The Hall–Kier alpha value is -4.29. The number of ether oxygens (including phenoxy) is 2. The van der Waals surface area contributed by atoms with Crippen LogP contribution in [0.25, 0.3) is 33.6 Å². The molecule has 2 aliphatic heterocycles. The van der Waals surface area contributed by atoms with Gasteiger partial charge in [0.25, 0.3) is 0 Å². The fourth-order valence-corrected chi connectivity index (χ4v) is 6.85. The van der Waals surface area contributed by atoms with Gasteiger partial charge in [-0.25, -0.2) is 14.4 Å². The molecule has 2 saturated heterocycles. The van der Waals surface area contributed by atoms with Crippen molar-refractivity contribution in [3.63, 3.8) is 0 Å². The van der Waals surface area contributed by atoms with E-state index in [2.05, 4.69) is 26.3 Å². The van der Waals surface area contributed by atoms with E-state index in [1.165, 1.54) is 13.2 Å². The van der Waals surface area contributed by atoms with Crippen molar-refractivity contribution in [1.29, 1.82) is 0 Å². The number of nitrogens with one attached hydrogen (secondary N) is 4. The smallest absolute Gasteiger partial charge is 0.221 e. The minimum absolute atomic E-state index is 0.0129. The molecule has 10 nitrogen and oxygen atoms in total. The van der Waals surface area contributed by atoms with Gasteiger partial charge < -0.3 is 30.7 Å². The Bertz CT molecular complexity index is 1880. The first-order valence-corrected chi connectivity index (χ1v) is 16.9. The highest BCUT2D eigenvalue weighted by Crippen LogP contribution is 2.42. The molecule has 0 unspecified atom stereocenters. The van der Waals surface area contributed by atoms with Crippen molar-refractivity contribution < 1.29 is 23.5 Å². The van der Waals surface area contributed by atoms with Crippen molar-refractivity contribution >= 4 is 35.0 Å². The molecule has 2 fully saturated rings. The van der Waals surface area contributed by atoms with Crippen LogP contribution in [-0.4, -0.2) is 61.2 Å². The van der Waals surface area contributed by atoms with E-state index in [4.69, 9.17) is 37.7 Å². The lowest BCUT2D eigenvalue weighted by Gasteiger charge is -2.16. The molecule has 49 heavy (non-hydrogen) atoms. The topological polar surface area (TPSA) is 126 Å². The van der Waals surface area contributed by atoms with E-state index in [9.17, 15) is 9.59 Å². The summed E-state index contributed by atoms with van der Waals surface area (Å²) >= 11 is 14.0. The highest BCUT2D eigenvalue weighted by molar-refractivity contribution is 6.39. The lowest BCUT2D eigenvalue weighted by atomic mass is 9.98. The molecule has 4 N–H and O–H groups in total. The molecular weight excluding hydrogens is 670 g/mol. The molecule has 256 valence electrons. The molecule has 2 aromatic heterocycles. The van der Waals surface area contributed by atoms with E-state index in [0.717, 1.165) is 18.4 Å². The molecule has 0 spiro atoms. The van der Waals surface area contributed by atoms with Gasteiger partial charge in [-0.2, -0.15) is 0 Å². The van der Waals surface area contributed by atoms with Gasteiger partial charge >= 0.3 is 0 Å². The van der Waals surface area contributed by atoms with E-state index < -0.39 is 5.82 Å². The molecule has 0 aliphatic carbocycles. The van der Waals surface area contributed by atoms with Gasteiger partial charge in [-0.05, 0) is 18.9 Å². The van der Waals surface area contributed by atoms with Crippen molar-refractivity contribution in [2.24, 2.45) is 0 Å².